The van der Waals surface area contributed by atoms with Crippen molar-refractivity contribution in [1.29, 1.82) is 0 Å². The number of likely N-dealkylation sites (tertiary alicyclic amines) is 1. The average Bonchev–Trinajstić information content (AvgIpc) is 2.94. The lowest BCUT2D eigenvalue weighted by atomic mass is 10.2. The van der Waals surface area contributed by atoms with E-state index in [-0.39, 0.29) is 18.1 Å². The predicted octanol–water partition coefficient (Wildman–Crippen LogP) is 3.08. The van der Waals surface area contributed by atoms with E-state index < -0.39 is 28.8 Å². The van der Waals surface area contributed by atoms with E-state index in [9.17, 15) is 27.6 Å². The maximum absolute atomic E-state index is 13.0. The SMILES string of the molecule is Cc1cc(=O)c(C(=O)NCCCN2CCCCCC2=O)nn1-c1cccc(C(F)(F)F)c1. The molecule has 1 fully saturated rings. The number of amides is 2. The Morgan fingerprint density at radius 2 is 1.94 bits per heavy atom. The molecule has 10 heteroatoms. The highest BCUT2D eigenvalue weighted by Gasteiger charge is 2.30. The number of hydrogen-bond acceptors (Lipinski definition) is 4. The van der Waals surface area contributed by atoms with E-state index in [2.05, 4.69) is 10.4 Å². The molecular weight excluding hydrogens is 425 g/mol. The van der Waals surface area contributed by atoms with Crippen molar-refractivity contribution in [3.8, 4) is 5.69 Å². The number of halogens is 3. The van der Waals surface area contributed by atoms with Crippen LogP contribution in [0.3, 0.4) is 0 Å². The minimum absolute atomic E-state index is 0.0889. The number of benzene rings is 1. The van der Waals surface area contributed by atoms with Crippen molar-refractivity contribution >= 4 is 11.8 Å². The van der Waals surface area contributed by atoms with E-state index in [1.807, 2.05) is 0 Å². The number of alkyl halides is 3. The summed E-state index contributed by atoms with van der Waals surface area (Å²) in [6.07, 6.45) is -0.599. The third-order valence-electron chi connectivity index (χ3n) is 5.30. The summed E-state index contributed by atoms with van der Waals surface area (Å²) in [5.41, 5.74) is -1.50. The largest absolute Gasteiger partial charge is 0.416 e. The normalized spacial score (nSPS) is 14.9. The molecule has 0 aliphatic carbocycles. The molecule has 32 heavy (non-hydrogen) atoms. The summed E-state index contributed by atoms with van der Waals surface area (Å²) in [6.45, 7) is 2.97. The molecule has 1 aromatic heterocycles. The molecule has 0 saturated carbocycles. The summed E-state index contributed by atoms with van der Waals surface area (Å²) in [7, 11) is 0. The molecule has 1 aliphatic heterocycles. The summed E-state index contributed by atoms with van der Waals surface area (Å²) < 4.78 is 40.3. The maximum atomic E-state index is 13.0. The van der Waals surface area contributed by atoms with Crippen LogP contribution in [-0.2, 0) is 11.0 Å². The van der Waals surface area contributed by atoms with Crippen molar-refractivity contribution in [3.63, 3.8) is 0 Å². The van der Waals surface area contributed by atoms with Crippen LogP contribution in [0, 0.1) is 6.92 Å². The van der Waals surface area contributed by atoms with Crippen molar-refractivity contribution in [2.45, 2.75) is 45.2 Å². The predicted molar refractivity (Wildman–Crippen MR) is 112 cm³/mol. The molecule has 0 bridgehead atoms. The fourth-order valence-corrected chi connectivity index (χ4v) is 3.61. The first-order valence-electron chi connectivity index (χ1n) is 10.5. The Labute approximate surface area is 183 Å². The van der Waals surface area contributed by atoms with E-state index in [1.165, 1.54) is 19.1 Å². The van der Waals surface area contributed by atoms with Crippen molar-refractivity contribution in [1.82, 2.24) is 20.0 Å². The Morgan fingerprint density at radius 1 is 1.16 bits per heavy atom. The zero-order chi connectivity index (χ0) is 23.3. The van der Waals surface area contributed by atoms with Crippen LogP contribution in [-0.4, -0.2) is 46.1 Å². The van der Waals surface area contributed by atoms with Gasteiger partial charge in [-0.15, -0.1) is 0 Å². The molecule has 1 N–H and O–H groups in total. The second kappa shape index (κ2) is 9.97. The van der Waals surface area contributed by atoms with Gasteiger partial charge >= 0.3 is 6.18 Å². The van der Waals surface area contributed by atoms with Gasteiger partial charge in [-0.2, -0.15) is 18.3 Å². The number of nitrogens with one attached hydrogen (secondary N) is 1. The minimum atomic E-state index is -4.53. The molecule has 172 valence electrons. The van der Waals surface area contributed by atoms with Crippen LogP contribution in [0.25, 0.3) is 5.69 Å². The summed E-state index contributed by atoms with van der Waals surface area (Å²) in [5, 5.41) is 6.63. The smallest absolute Gasteiger partial charge is 0.350 e. The van der Waals surface area contributed by atoms with Crippen LogP contribution < -0.4 is 10.7 Å². The zero-order valence-corrected chi connectivity index (χ0v) is 17.7. The molecule has 0 spiro atoms. The fourth-order valence-electron chi connectivity index (χ4n) is 3.61. The Morgan fingerprint density at radius 3 is 2.69 bits per heavy atom. The van der Waals surface area contributed by atoms with Gasteiger partial charge in [0.15, 0.2) is 5.69 Å². The summed E-state index contributed by atoms with van der Waals surface area (Å²) in [5.74, 6) is -0.601. The minimum Gasteiger partial charge on any atom is -0.350 e. The van der Waals surface area contributed by atoms with E-state index in [4.69, 9.17) is 0 Å². The van der Waals surface area contributed by atoms with E-state index in [0.29, 0.717) is 31.6 Å². The lowest BCUT2D eigenvalue weighted by Gasteiger charge is -2.20. The van der Waals surface area contributed by atoms with Gasteiger partial charge in [0.05, 0.1) is 11.3 Å². The molecule has 7 nitrogen and oxygen atoms in total. The molecule has 0 radical (unpaired) electrons. The maximum Gasteiger partial charge on any atom is 0.416 e. The van der Waals surface area contributed by atoms with Gasteiger partial charge in [0.25, 0.3) is 5.91 Å². The summed E-state index contributed by atoms with van der Waals surface area (Å²) in [4.78, 5) is 38.6. The molecule has 2 heterocycles. The molecule has 2 aromatic rings. The lowest BCUT2D eigenvalue weighted by molar-refractivity contribution is -0.137. The van der Waals surface area contributed by atoms with Gasteiger partial charge in [0, 0.05) is 37.8 Å². The van der Waals surface area contributed by atoms with Crippen LogP contribution in [0.5, 0.6) is 0 Å². The quantitative estimate of drug-likeness (QED) is 0.686. The number of carbonyl (C=O) groups is 2. The Balaban J connectivity index is 1.69. The molecule has 3 rings (SSSR count). The van der Waals surface area contributed by atoms with Crippen molar-refractivity contribution < 1.29 is 22.8 Å². The molecule has 1 aromatic carbocycles. The van der Waals surface area contributed by atoms with Crippen LogP contribution >= 0.6 is 0 Å². The number of aryl methyl sites for hydroxylation is 1. The molecule has 2 amide bonds. The first-order valence-corrected chi connectivity index (χ1v) is 10.5. The van der Waals surface area contributed by atoms with Crippen molar-refractivity contribution in [2.75, 3.05) is 19.6 Å². The van der Waals surface area contributed by atoms with E-state index >= 15 is 0 Å². The van der Waals surface area contributed by atoms with Gasteiger partial charge < -0.3 is 10.2 Å². The Hall–Kier alpha value is -3.17. The number of rotatable bonds is 6. The van der Waals surface area contributed by atoms with Crippen LogP contribution in [0.4, 0.5) is 13.2 Å². The number of hydrogen-bond donors (Lipinski definition) is 1. The second-order valence-corrected chi connectivity index (χ2v) is 7.76. The molecule has 0 unspecified atom stereocenters. The monoisotopic (exact) mass is 450 g/mol. The highest BCUT2D eigenvalue weighted by molar-refractivity contribution is 5.92. The standard InChI is InChI=1S/C22H25F3N4O3/c1-15-13-18(30)20(27-29(15)17-8-5-7-16(14-17)22(23,24)25)21(32)26-10-6-12-28-11-4-2-3-9-19(28)31/h5,7-8,13-14H,2-4,6,9-12H2,1H3,(H,26,32). The first-order chi connectivity index (χ1) is 15.2. The third kappa shape index (κ3) is 5.74. The van der Waals surface area contributed by atoms with Gasteiger partial charge in [0.1, 0.15) is 0 Å². The van der Waals surface area contributed by atoms with Gasteiger partial charge in [-0.3, -0.25) is 14.4 Å². The van der Waals surface area contributed by atoms with E-state index in [0.717, 1.165) is 42.1 Å². The van der Waals surface area contributed by atoms with Gasteiger partial charge in [0.2, 0.25) is 11.3 Å². The van der Waals surface area contributed by atoms with Crippen LogP contribution in [0.2, 0.25) is 0 Å². The average molecular weight is 450 g/mol. The topological polar surface area (TPSA) is 84.3 Å². The molecule has 0 atom stereocenters. The zero-order valence-electron chi connectivity index (χ0n) is 17.7. The van der Waals surface area contributed by atoms with Gasteiger partial charge in [-0.25, -0.2) is 4.68 Å². The van der Waals surface area contributed by atoms with Crippen LogP contribution in [0.15, 0.2) is 35.1 Å². The highest BCUT2D eigenvalue weighted by Crippen LogP contribution is 2.30. The van der Waals surface area contributed by atoms with Gasteiger partial charge in [-0.1, -0.05) is 12.5 Å². The Bertz CT molecular complexity index is 1050. The molecular formula is C22H25F3N4O3. The number of nitrogens with zero attached hydrogens (tertiary/aromatic N) is 3. The number of aromatic nitrogens is 2. The van der Waals surface area contributed by atoms with Crippen molar-refractivity contribution in [3.05, 3.63) is 57.5 Å². The highest BCUT2D eigenvalue weighted by atomic mass is 19.4. The van der Waals surface area contributed by atoms with Gasteiger partial charge in [-0.05, 0) is 44.4 Å². The van der Waals surface area contributed by atoms with E-state index in [1.54, 1.807) is 4.90 Å². The van der Waals surface area contributed by atoms with Crippen molar-refractivity contribution in [2.24, 2.45) is 0 Å². The summed E-state index contributed by atoms with van der Waals surface area (Å²) >= 11 is 0. The lowest BCUT2D eigenvalue weighted by Crippen LogP contribution is -2.36. The number of carbonyl (C=O) groups excluding carboxylic acids is 2. The fraction of sp³-hybridized carbons (Fsp3) is 0.455. The second-order valence-electron chi connectivity index (χ2n) is 7.76. The third-order valence-corrected chi connectivity index (χ3v) is 5.30. The first kappa shape index (κ1) is 23.5. The Kier molecular flexibility index (Phi) is 7.32. The summed E-state index contributed by atoms with van der Waals surface area (Å²) in [6, 6.07) is 5.66. The molecule has 1 aliphatic rings. The molecule has 1 saturated heterocycles. The van der Waals surface area contributed by atoms with Crippen LogP contribution in [0.1, 0.15) is 53.8 Å².